The van der Waals surface area contributed by atoms with Gasteiger partial charge in [0.1, 0.15) is 5.75 Å². The van der Waals surface area contributed by atoms with E-state index < -0.39 is 11.8 Å². The molecule has 0 saturated heterocycles. The number of methoxy groups -OCH3 is 1. The van der Waals surface area contributed by atoms with Crippen LogP contribution in [0.15, 0.2) is 35.7 Å². The quantitative estimate of drug-likeness (QED) is 0.739. The summed E-state index contributed by atoms with van der Waals surface area (Å²) in [6.07, 6.45) is 4.02. The number of nitrogens with two attached hydrogens (primary N) is 1. The van der Waals surface area contributed by atoms with Gasteiger partial charge in [-0.3, -0.25) is 4.79 Å². The molecule has 7 heteroatoms. The fourth-order valence-electron chi connectivity index (χ4n) is 4.03. The molecule has 0 unspecified atom stereocenters. The van der Waals surface area contributed by atoms with Crippen molar-refractivity contribution in [1.29, 1.82) is 5.26 Å². The molecule has 2 heterocycles. The van der Waals surface area contributed by atoms with Crippen LogP contribution in [0.25, 0.3) is 0 Å². The SMILES string of the molecule is COc1cc(C#N)ccc1[C@H]1C(C(N)=O)=C(C)Nc2c(C)cnc(OCC3(C)CC3)c21. The summed E-state index contributed by atoms with van der Waals surface area (Å²) in [5.41, 5.74) is 10.8. The van der Waals surface area contributed by atoms with E-state index in [0.29, 0.717) is 35.1 Å². The molecule has 0 bridgehead atoms. The molecule has 1 aromatic carbocycles. The van der Waals surface area contributed by atoms with Gasteiger partial charge < -0.3 is 20.5 Å². The Balaban J connectivity index is 1.94. The smallest absolute Gasteiger partial charge is 0.247 e. The van der Waals surface area contributed by atoms with Gasteiger partial charge in [-0.2, -0.15) is 5.26 Å². The summed E-state index contributed by atoms with van der Waals surface area (Å²) >= 11 is 0. The van der Waals surface area contributed by atoms with Gasteiger partial charge in [0.15, 0.2) is 0 Å². The standard InChI is InChI=1S/C24H26N4O3/c1-13-11-27-23(31-12-24(3)7-8-24)20-19(18(22(26)29)14(2)28-21(13)20)16-6-5-15(10-25)9-17(16)30-4/h5-6,9,11,19,28H,7-8,12H2,1-4H3,(H2,26,29)/t19-/m0/s1. The number of amides is 1. The number of nitriles is 1. The Labute approximate surface area is 181 Å². The van der Waals surface area contributed by atoms with Gasteiger partial charge in [-0.15, -0.1) is 0 Å². The van der Waals surface area contributed by atoms with E-state index in [-0.39, 0.29) is 5.41 Å². The molecule has 2 aliphatic rings. The van der Waals surface area contributed by atoms with Crippen molar-refractivity contribution in [2.45, 2.75) is 39.5 Å². The lowest BCUT2D eigenvalue weighted by atomic mass is 9.79. The Kier molecular flexibility index (Phi) is 5.10. The van der Waals surface area contributed by atoms with Crippen LogP contribution >= 0.6 is 0 Å². The van der Waals surface area contributed by atoms with Crippen LogP contribution in [0.3, 0.4) is 0 Å². The van der Waals surface area contributed by atoms with Gasteiger partial charge in [-0.25, -0.2) is 4.98 Å². The van der Waals surface area contributed by atoms with Gasteiger partial charge in [0.2, 0.25) is 11.8 Å². The van der Waals surface area contributed by atoms with Crippen LogP contribution in [0.4, 0.5) is 5.69 Å². The number of pyridine rings is 1. The fraction of sp³-hybridized carbons (Fsp3) is 0.375. The molecule has 1 fully saturated rings. The third-order valence-corrected chi connectivity index (χ3v) is 6.16. The van der Waals surface area contributed by atoms with E-state index >= 15 is 0 Å². The number of ether oxygens (including phenoxy) is 2. The molecule has 1 atom stereocenters. The van der Waals surface area contributed by atoms with E-state index in [4.69, 9.17) is 15.2 Å². The van der Waals surface area contributed by atoms with Crippen molar-refractivity contribution in [2.24, 2.45) is 11.1 Å². The molecular weight excluding hydrogens is 392 g/mol. The number of hydrogen-bond donors (Lipinski definition) is 2. The maximum absolute atomic E-state index is 12.6. The molecule has 2 aromatic rings. The van der Waals surface area contributed by atoms with Crippen molar-refractivity contribution < 1.29 is 14.3 Å². The van der Waals surface area contributed by atoms with Crippen LogP contribution in [0.5, 0.6) is 11.6 Å². The van der Waals surface area contributed by atoms with E-state index in [1.54, 1.807) is 25.4 Å². The predicted octanol–water partition coefficient (Wildman–Crippen LogP) is 3.77. The Morgan fingerprint density at radius 2 is 2.13 bits per heavy atom. The largest absolute Gasteiger partial charge is 0.496 e. The number of carbonyl (C=O) groups excluding carboxylic acids is 1. The van der Waals surface area contributed by atoms with Crippen LogP contribution in [0.2, 0.25) is 0 Å². The van der Waals surface area contributed by atoms with Crippen molar-refractivity contribution in [3.05, 3.63) is 57.9 Å². The van der Waals surface area contributed by atoms with Crippen LogP contribution in [0.1, 0.15) is 54.9 Å². The van der Waals surface area contributed by atoms with E-state index in [1.807, 2.05) is 19.9 Å². The van der Waals surface area contributed by atoms with Crippen LogP contribution in [-0.4, -0.2) is 24.6 Å². The molecule has 4 rings (SSSR count). The monoisotopic (exact) mass is 418 g/mol. The van der Waals surface area contributed by atoms with E-state index in [0.717, 1.165) is 35.2 Å². The minimum absolute atomic E-state index is 0.168. The highest BCUT2D eigenvalue weighted by Gasteiger charge is 2.40. The summed E-state index contributed by atoms with van der Waals surface area (Å²) in [4.78, 5) is 17.2. The first-order valence-corrected chi connectivity index (χ1v) is 10.3. The maximum atomic E-state index is 12.6. The Hall–Kier alpha value is -3.53. The van der Waals surface area contributed by atoms with Crippen LogP contribution < -0.4 is 20.5 Å². The van der Waals surface area contributed by atoms with Gasteiger partial charge in [-0.05, 0) is 44.4 Å². The second-order valence-electron chi connectivity index (χ2n) is 8.66. The summed E-state index contributed by atoms with van der Waals surface area (Å²) < 4.78 is 11.8. The van der Waals surface area contributed by atoms with Crippen molar-refractivity contribution in [3.63, 3.8) is 0 Å². The van der Waals surface area contributed by atoms with Crippen molar-refractivity contribution in [2.75, 3.05) is 19.0 Å². The summed E-state index contributed by atoms with van der Waals surface area (Å²) in [5.74, 6) is -0.0894. The molecule has 31 heavy (non-hydrogen) atoms. The number of anilines is 1. The van der Waals surface area contributed by atoms with Gasteiger partial charge in [0.25, 0.3) is 0 Å². The summed E-state index contributed by atoms with van der Waals surface area (Å²) in [5, 5.41) is 12.6. The average molecular weight is 418 g/mol. The number of rotatable bonds is 6. The number of aryl methyl sites for hydroxylation is 1. The molecule has 1 aliphatic carbocycles. The zero-order valence-electron chi connectivity index (χ0n) is 18.2. The minimum atomic E-state index is -0.536. The van der Waals surface area contributed by atoms with Crippen LogP contribution in [0, 0.1) is 23.7 Å². The fourth-order valence-corrected chi connectivity index (χ4v) is 4.03. The summed E-state index contributed by atoms with van der Waals surface area (Å²) in [6.45, 7) is 6.53. The van der Waals surface area contributed by atoms with E-state index in [1.165, 1.54) is 0 Å². The Morgan fingerprint density at radius 3 is 2.74 bits per heavy atom. The number of nitrogens with one attached hydrogen (secondary N) is 1. The van der Waals surface area contributed by atoms with E-state index in [2.05, 4.69) is 23.3 Å². The zero-order chi connectivity index (χ0) is 22.3. The number of benzene rings is 1. The minimum Gasteiger partial charge on any atom is -0.496 e. The predicted molar refractivity (Wildman–Crippen MR) is 117 cm³/mol. The zero-order valence-corrected chi connectivity index (χ0v) is 18.2. The third kappa shape index (κ3) is 3.70. The maximum Gasteiger partial charge on any atom is 0.247 e. The van der Waals surface area contributed by atoms with Crippen molar-refractivity contribution in [3.8, 4) is 17.7 Å². The lowest BCUT2D eigenvalue weighted by Gasteiger charge is -2.32. The molecule has 0 radical (unpaired) electrons. The van der Waals surface area contributed by atoms with Gasteiger partial charge in [0, 0.05) is 28.4 Å². The first-order chi connectivity index (χ1) is 14.8. The lowest BCUT2D eigenvalue weighted by molar-refractivity contribution is -0.114. The van der Waals surface area contributed by atoms with Crippen molar-refractivity contribution >= 4 is 11.6 Å². The normalized spacial score (nSPS) is 18.5. The molecule has 1 saturated carbocycles. The van der Waals surface area contributed by atoms with Gasteiger partial charge >= 0.3 is 0 Å². The highest BCUT2D eigenvalue weighted by molar-refractivity contribution is 5.98. The van der Waals surface area contributed by atoms with Gasteiger partial charge in [0.05, 0.1) is 42.5 Å². The topological polar surface area (TPSA) is 110 Å². The molecule has 3 N–H and O–H groups in total. The molecule has 1 aliphatic heterocycles. The molecule has 1 aromatic heterocycles. The number of carbonyl (C=O) groups is 1. The first kappa shape index (κ1) is 20.7. The van der Waals surface area contributed by atoms with E-state index in [9.17, 15) is 10.1 Å². The molecular formula is C24H26N4O3. The van der Waals surface area contributed by atoms with Crippen molar-refractivity contribution in [1.82, 2.24) is 4.98 Å². The number of nitrogens with zero attached hydrogens (tertiary/aromatic N) is 2. The highest BCUT2D eigenvalue weighted by atomic mass is 16.5. The first-order valence-electron chi connectivity index (χ1n) is 10.3. The Bertz CT molecular complexity index is 1140. The molecule has 1 amide bonds. The molecule has 0 spiro atoms. The third-order valence-electron chi connectivity index (χ3n) is 6.16. The highest BCUT2D eigenvalue weighted by Crippen LogP contribution is 2.50. The number of fused-ring (bicyclic) bond motifs is 1. The van der Waals surface area contributed by atoms with Crippen LogP contribution in [-0.2, 0) is 4.79 Å². The second-order valence-corrected chi connectivity index (χ2v) is 8.66. The second kappa shape index (κ2) is 7.62. The number of allylic oxidation sites excluding steroid dienone is 1. The Morgan fingerprint density at radius 1 is 1.39 bits per heavy atom. The van der Waals surface area contributed by atoms with Gasteiger partial charge in [-0.1, -0.05) is 13.0 Å². The number of aromatic nitrogens is 1. The molecule has 160 valence electrons. The average Bonchev–Trinajstić information content (AvgIpc) is 3.49. The summed E-state index contributed by atoms with van der Waals surface area (Å²) in [6, 6.07) is 7.31. The summed E-state index contributed by atoms with van der Waals surface area (Å²) in [7, 11) is 1.54. The molecule has 7 nitrogen and oxygen atoms in total. The number of primary amides is 1. The number of hydrogen-bond acceptors (Lipinski definition) is 6. The lowest BCUT2D eigenvalue weighted by Crippen LogP contribution is -2.29.